The summed E-state index contributed by atoms with van der Waals surface area (Å²) in [5.41, 5.74) is 9.69. The minimum Gasteiger partial charge on any atom is -0.379 e. The summed E-state index contributed by atoms with van der Waals surface area (Å²) in [5, 5.41) is 7.71. The number of carbonyl (C=O) groups is 2. The maximum atomic E-state index is 11.6. The number of carbonyl (C=O) groups excluding carboxylic acids is 2. The zero-order chi connectivity index (χ0) is 21.6. The zero-order valence-electron chi connectivity index (χ0n) is 17.5. The lowest BCUT2D eigenvalue weighted by atomic mass is 10.2. The first-order valence-corrected chi connectivity index (χ1v) is 10.4. The van der Waals surface area contributed by atoms with Gasteiger partial charge in [0.1, 0.15) is 0 Å². The SMILES string of the molecule is NNC(=O)NN(CCCCCCN(NC(=O)NN)N1CCOCC1)N1CCOCC1. The first-order valence-electron chi connectivity index (χ1n) is 10.4. The van der Waals surface area contributed by atoms with E-state index in [4.69, 9.17) is 21.2 Å². The van der Waals surface area contributed by atoms with Crippen LogP contribution in [0.25, 0.3) is 0 Å². The highest BCUT2D eigenvalue weighted by molar-refractivity contribution is 5.72. The quantitative estimate of drug-likeness (QED) is 0.0915. The van der Waals surface area contributed by atoms with Crippen LogP contribution in [-0.4, -0.2) is 98.0 Å². The first kappa shape index (κ1) is 24.5. The number of nitrogens with one attached hydrogen (secondary N) is 4. The van der Waals surface area contributed by atoms with Gasteiger partial charge in [-0.1, -0.05) is 12.8 Å². The summed E-state index contributed by atoms with van der Waals surface area (Å²) in [5.74, 6) is 10.4. The maximum Gasteiger partial charge on any atom is 0.344 e. The molecule has 2 rings (SSSR count). The molecule has 2 heterocycles. The van der Waals surface area contributed by atoms with E-state index in [1.165, 1.54) is 0 Å². The molecule has 8 N–H and O–H groups in total. The summed E-state index contributed by atoms with van der Waals surface area (Å²) in [6.45, 7) is 6.73. The van der Waals surface area contributed by atoms with Crippen LogP contribution in [0.3, 0.4) is 0 Å². The number of nitrogens with two attached hydrogens (primary N) is 2. The average molecular weight is 433 g/mol. The topological polar surface area (TPSA) is 166 Å². The van der Waals surface area contributed by atoms with Crippen molar-refractivity contribution in [3.8, 4) is 0 Å². The van der Waals surface area contributed by atoms with Crippen molar-refractivity contribution in [2.75, 3.05) is 65.7 Å². The van der Waals surface area contributed by atoms with Gasteiger partial charge in [0.25, 0.3) is 0 Å². The Hall–Kier alpha value is -1.78. The van der Waals surface area contributed by atoms with Crippen LogP contribution in [-0.2, 0) is 9.47 Å². The predicted octanol–water partition coefficient (Wildman–Crippen LogP) is -2.18. The average Bonchev–Trinajstić information content (AvgIpc) is 2.80. The van der Waals surface area contributed by atoms with Crippen LogP contribution < -0.4 is 33.4 Å². The number of ether oxygens (including phenoxy) is 2. The Morgan fingerprint density at radius 3 is 1.40 bits per heavy atom. The maximum absolute atomic E-state index is 11.6. The second-order valence-electron chi connectivity index (χ2n) is 6.96. The Morgan fingerprint density at radius 1 is 0.700 bits per heavy atom. The third-order valence-corrected chi connectivity index (χ3v) is 4.87. The van der Waals surface area contributed by atoms with Gasteiger partial charge in [-0.05, 0) is 12.8 Å². The summed E-state index contributed by atoms with van der Waals surface area (Å²) in [6, 6.07) is -0.904. The van der Waals surface area contributed by atoms with E-state index in [0.29, 0.717) is 65.7 Å². The molecule has 0 aliphatic carbocycles. The van der Waals surface area contributed by atoms with Crippen molar-refractivity contribution in [2.45, 2.75) is 25.7 Å². The molecule has 174 valence electrons. The normalized spacial score (nSPS) is 18.4. The summed E-state index contributed by atoms with van der Waals surface area (Å²) < 4.78 is 10.7. The third kappa shape index (κ3) is 8.93. The van der Waals surface area contributed by atoms with Gasteiger partial charge in [-0.3, -0.25) is 21.7 Å². The van der Waals surface area contributed by atoms with Crippen LogP contribution in [0.1, 0.15) is 25.7 Å². The van der Waals surface area contributed by atoms with Crippen LogP contribution in [0.15, 0.2) is 0 Å². The van der Waals surface area contributed by atoms with Crippen molar-refractivity contribution < 1.29 is 19.1 Å². The van der Waals surface area contributed by atoms with Crippen molar-refractivity contribution in [2.24, 2.45) is 11.7 Å². The molecule has 0 radical (unpaired) electrons. The van der Waals surface area contributed by atoms with E-state index < -0.39 is 12.1 Å². The fourth-order valence-corrected chi connectivity index (χ4v) is 3.30. The molecule has 0 bridgehead atoms. The molecule has 2 aliphatic heterocycles. The smallest absolute Gasteiger partial charge is 0.344 e. The van der Waals surface area contributed by atoms with E-state index in [0.717, 1.165) is 25.7 Å². The lowest BCUT2D eigenvalue weighted by Gasteiger charge is -2.37. The third-order valence-electron chi connectivity index (χ3n) is 4.87. The highest BCUT2D eigenvalue weighted by atomic mass is 16.5. The number of hydrogen-bond acceptors (Lipinski definition) is 10. The molecule has 2 saturated heterocycles. The van der Waals surface area contributed by atoms with E-state index in [2.05, 4.69) is 21.7 Å². The van der Waals surface area contributed by atoms with Gasteiger partial charge in [-0.2, -0.15) is 10.2 Å². The highest BCUT2D eigenvalue weighted by Gasteiger charge is 2.21. The number of amides is 4. The minimum absolute atomic E-state index is 0.452. The lowest BCUT2D eigenvalue weighted by Crippen LogP contribution is -2.59. The Balaban J connectivity index is 1.69. The molecule has 2 fully saturated rings. The number of hydrazine groups is 6. The lowest BCUT2D eigenvalue weighted by molar-refractivity contribution is -0.113. The number of unbranched alkanes of at least 4 members (excludes halogenated alkanes) is 3. The number of nitrogens with zero attached hydrogens (tertiary/aromatic N) is 4. The van der Waals surface area contributed by atoms with Gasteiger partial charge in [-0.15, -0.1) is 0 Å². The van der Waals surface area contributed by atoms with E-state index in [-0.39, 0.29) is 0 Å². The minimum atomic E-state index is -0.452. The Bertz CT molecular complexity index is 458. The zero-order valence-corrected chi connectivity index (χ0v) is 17.5. The van der Waals surface area contributed by atoms with Crippen LogP contribution in [0, 0.1) is 0 Å². The Morgan fingerprint density at radius 2 is 1.07 bits per heavy atom. The highest BCUT2D eigenvalue weighted by Crippen LogP contribution is 2.08. The molecule has 0 aromatic carbocycles. The van der Waals surface area contributed by atoms with Crippen LogP contribution in [0.4, 0.5) is 9.59 Å². The Labute approximate surface area is 176 Å². The molecule has 4 amide bonds. The van der Waals surface area contributed by atoms with E-state index in [9.17, 15) is 9.59 Å². The fraction of sp³-hybridized carbons (Fsp3) is 0.875. The number of morpholine rings is 2. The molecule has 30 heavy (non-hydrogen) atoms. The van der Waals surface area contributed by atoms with Crippen LogP contribution >= 0.6 is 0 Å². The molecule has 0 saturated carbocycles. The molecule has 0 atom stereocenters. The first-order chi connectivity index (χ1) is 14.6. The summed E-state index contributed by atoms with van der Waals surface area (Å²) in [6.07, 6.45) is 3.76. The molecule has 0 spiro atoms. The van der Waals surface area contributed by atoms with Crippen molar-refractivity contribution in [3.63, 3.8) is 0 Å². The van der Waals surface area contributed by atoms with E-state index >= 15 is 0 Å². The number of hydrogen-bond donors (Lipinski definition) is 6. The van der Waals surface area contributed by atoms with E-state index in [1.807, 2.05) is 10.0 Å². The second kappa shape index (κ2) is 14.3. The Kier molecular flexibility index (Phi) is 11.6. The van der Waals surface area contributed by atoms with Crippen LogP contribution in [0.2, 0.25) is 0 Å². The van der Waals surface area contributed by atoms with Crippen molar-refractivity contribution in [1.29, 1.82) is 0 Å². The van der Waals surface area contributed by atoms with Gasteiger partial charge < -0.3 is 9.47 Å². The standard InChI is InChI=1S/C16H36N10O4/c17-19-15(27)21-25(23-7-11-29-12-8-23)5-3-1-2-4-6-26(22-16(28)20-18)24-9-13-30-14-10-24/h1-14,17-18H2,(H2,19,21,27)(H2,20,22,28). The van der Waals surface area contributed by atoms with Gasteiger partial charge >= 0.3 is 12.1 Å². The second-order valence-corrected chi connectivity index (χ2v) is 6.96. The van der Waals surface area contributed by atoms with Gasteiger partial charge in [-0.25, -0.2) is 31.3 Å². The van der Waals surface area contributed by atoms with Gasteiger partial charge in [0, 0.05) is 39.3 Å². The van der Waals surface area contributed by atoms with Gasteiger partial charge in [0.2, 0.25) is 0 Å². The van der Waals surface area contributed by atoms with Gasteiger partial charge in [0.15, 0.2) is 0 Å². The van der Waals surface area contributed by atoms with Crippen LogP contribution in [0.5, 0.6) is 0 Å². The predicted molar refractivity (Wildman–Crippen MR) is 108 cm³/mol. The largest absolute Gasteiger partial charge is 0.379 e. The van der Waals surface area contributed by atoms with Gasteiger partial charge in [0.05, 0.1) is 26.4 Å². The van der Waals surface area contributed by atoms with Crippen molar-refractivity contribution >= 4 is 12.1 Å². The monoisotopic (exact) mass is 432 g/mol. The number of rotatable bonds is 11. The molecule has 2 aliphatic rings. The number of urea groups is 2. The summed E-state index contributed by atoms with van der Waals surface area (Å²) in [4.78, 5) is 23.2. The molecule has 0 unspecified atom stereocenters. The molecule has 0 aromatic heterocycles. The fourth-order valence-electron chi connectivity index (χ4n) is 3.30. The molecular formula is C16H36N10O4. The van der Waals surface area contributed by atoms with Crippen molar-refractivity contribution in [1.82, 2.24) is 42.0 Å². The molecule has 14 nitrogen and oxygen atoms in total. The molecule has 0 aromatic rings. The molecule has 14 heteroatoms. The van der Waals surface area contributed by atoms with Crippen molar-refractivity contribution in [3.05, 3.63) is 0 Å². The van der Waals surface area contributed by atoms with E-state index in [1.54, 1.807) is 10.2 Å². The summed E-state index contributed by atoms with van der Waals surface area (Å²) >= 11 is 0. The summed E-state index contributed by atoms with van der Waals surface area (Å²) in [7, 11) is 0. The molecular weight excluding hydrogens is 396 g/mol.